The van der Waals surface area contributed by atoms with Gasteiger partial charge in [-0.05, 0) is 25.1 Å². The van der Waals surface area contributed by atoms with E-state index in [0.717, 1.165) is 6.54 Å². The van der Waals surface area contributed by atoms with Crippen molar-refractivity contribution in [3.05, 3.63) is 35.9 Å². The van der Waals surface area contributed by atoms with Crippen molar-refractivity contribution in [2.45, 2.75) is 26.3 Å². The molecule has 1 aliphatic heterocycles. The van der Waals surface area contributed by atoms with E-state index in [2.05, 4.69) is 59.3 Å². The number of hydrogen-bond acceptors (Lipinski definition) is 3. The number of rotatable bonds is 7. The fourth-order valence-corrected chi connectivity index (χ4v) is 2.96. The predicted octanol–water partition coefficient (Wildman–Crippen LogP) is 2.36. The smallest absolute Gasteiger partial charge is 0.0332 e. The topological polar surface area (TPSA) is 18.5 Å². The van der Waals surface area contributed by atoms with Crippen LogP contribution in [-0.4, -0.2) is 55.6 Å². The maximum Gasteiger partial charge on any atom is 0.0332 e. The van der Waals surface area contributed by atoms with Crippen molar-refractivity contribution in [2.75, 3.05) is 45.8 Å². The molecule has 3 nitrogen and oxygen atoms in total. The zero-order valence-corrected chi connectivity index (χ0v) is 13.0. The molecule has 1 fully saturated rings. The van der Waals surface area contributed by atoms with Gasteiger partial charge in [0.25, 0.3) is 0 Å². The molecule has 1 heterocycles. The van der Waals surface area contributed by atoms with Gasteiger partial charge < -0.3 is 15.1 Å². The van der Waals surface area contributed by atoms with Crippen LogP contribution in [0.25, 0.3) is 0 Å². The van der Waals surface area contributed by atoms with Crippen molar-refractivity contribution in [3.63, 3.8) is 0 Å². The van der Waals surface area contributed by atoms with E-state index in [1.54, 1.807) is 0 Å². The molecule has 0 amide bonds. The van der Waals surface area contributed by atoms with E-state index in [4.69, 9.17) is 0 Å². The molecular weight excluding hydrogens is 246 g/mol. The van der Waals surface area contributed by atoms with Crippen molar-refractivity contribution in [2.24, 2.45) is 0 Å². The number of nitrogens with one attached hydrogen (secondary N) is 1. The lowest BCUT2D eigenvalue weighted by molar-refractivity contribution is 0.133. The average molecular weight is 275 g/mol. The molecule has 1 aromatic carbocycles. The summed E-state index contributed by atoms with van der Waals surface area (Å²) >= 11 is 0. The van der Waals surface area contributed by atoms with Gasteiger partial charge in [0.1, 0.15) is 0 Å². The molecule has 0 spiro atoms. The minimum Gasteiger partial charge on any atom is -0.310 e. The lowest BCUT2D eigenvalue weighted by atomic mass is 10.0. The maximum atomic E-state index is 3.62. The Balaban J connectivity index is 1.81. The molecule has 1 N–H and O–H groups in total. The van der Waals surface area contributed by atoms with Gasteiger partial charge in [-0.3, -0.25) is 0 Å². The molecule has 1 aromatic rings. The van der Waals surface area contributed by atoms with E-state index in [-0.39, 0.29) is 0 Å². The molecule has 0 bridgehead atoms. The summed E-state index contributed by atoms with van der Waals surface area (Å²) in [4.78, 5) is 5.15. The van der Waals surface area contributed by atoms with Crippen LogP contribution in [0.4, 0.5) is 0 Å². The molecule has 20 heavy (non-hydrogen) atoms. The highest BCUT2D eigenvalue weighted by Crippen LogP contribution is 2.17. The molecule has 1 atom stereocenters. The molecule has 3 heteroatoms. The van der Waals surface area contributed by atoms with Crippen LogP contribution in [-0.2, 0) is 0 Å². The van der Waals surface area contributed by atoms with Crippen LogP contribution in [0.5, 0.6) is 0 Å². The standard InChI is InChI=1S/C17H29N3/c1-3-18-17(16-8-6-5-7-9-16)10-11-20-14-12-19(4-2)13-15-20/h5-9,17-18H,3-4,10-15H2,1-2H3. The van der Waals surface area contributed by atoms with Gasteiger partial charge in [0.15, 0.2) is 0 Å². The molecule has 0 aromatic heterocycles. The van der Waals surface area contributed by atoms with Crippen molar-refractivity contribution in [3.8, 4) is 0 Å². The van der Waals surface area contributed by atoms with E-state index >= 15 is 0 Å². The molecule has 1 aliphatic rings. The zero-order chi connectivity index (χ0) is 14.2. The van der Waals surface area contributed by atoms with Crippen molar-refractivity contribution in [1.82, 2.24) is 15.1 Å². The van der Waals surface area contributed by atoms with E-state index in [0.29, 0.717) is 6.04 Å². The van der Waals surface area contributed by atoms with Crippen molar-refractivity contribution < 1.29 is 0 Å². The Morgan fingerprint density at radius 2 is 1.65 bits per heavy atom. The number of benzene rings is 1. The van der Waals surface area contributed by atoms with Crippen LogP contribution < -0.4 is 5.32 Å². The third-order valence-corrected chi connectivity index (χ3v) is 4.30. The molecule has 1 unspecified atom stereocenters. The highest BCUT2D eigenvalue weighted by atomic mass is 15.3. The fraction of sp³-hybridized carbons (Fsp3) is 0.647. The molecule has 112 valence electrons. The van der Waals surface area contributed by atoms with Gasteiger partial charge in [0.2, 0.25) is 0 Å². The zero-order valence-electron chi connectivity index (χ0n) is 13.0. The first-order chi connectivity index (χ1) is 9.83. The van der Waals surface area contributed by atoms with E-state index < -0.39 is 0 Å². The molecule has 2 rings (SSSR count). The SMILES string of the molecule is CCNC(CCN1CCN(CC)CC1)c1ccccc1. The molecule has 0 saturated carbocycles. The summed E-state index contributed by atoms with van der Waals surface area (Å²) in [5.41, 5.74) is 1.42. The fourth-order valence-electron chi connectivity index (χ4n) is 2.96. The summed E-state index contributed by atoms with van der Waals surface area (Å²) in [5, 5.41) is 3.62. The van der Waals surface area contributed by atoms with E-state index in [1.807, 2.05) is 0 Å². The second-order valence-electron chi connectivity index (χ2n) is 5.59. The van der Waals surface area contributed by atoms with Gasteiger partial charge in [-0.25, -0.2) is 0 Å². The van der Waals surface area contributed by atoms with Gasteiger partial charge in [0, 0.05) is 38.8 Å². The molecule has 1 saturated heterocycles. The number of likely N-dealkylation sites (N-methyl/N-ethyl adjacent to an activating group) is 1. The Hall–Kier alpha value is -0.900. The quantitative estimate of drug-likeness (QED) is 0.824. The van der Waals surface area contributed by atoms with Crippen molar-refractivity contribution in [1.29, 1.82) is 0 Å². The molecular formula is C17H29N3. The van der Waals surface area contributed by atoms with Gasteiger partial charge in [-0.1, -0.05) is 44.2 Å². The summed E-state index contributed by atoms with van der Waals surface area (Å²) in [5.74, 6) is 0. The van der Waals surface area contributed by atoms with Crippen LogP contribution in [0.3, 0.4) is 0 Å². The van der Waals surface area contributed by atoms with Crippen LogP contribution in [0.2, 0.25) is 0 Å². The minimum atomic E-state index is 0.491. The van der Waals surface area contributed by atoms with E-state index in [9.17, 15) is 0 Å². The highest BCUT2D eigenvalue weighted by molar-refractivity contribution is 5.18. The van der Waals surface area contributed by atoms with Crippen molar-refractivity contribution >= 4 is 0 Å². The van der Waals surface area contributed by atoms with Gasteiger partial charge >= 0.3 is 0 Å². The normalized spacial score (nSPS) is 19.1. The third kappa shape index (κ3) is 4.58. The summed E-state index contributed by atoms with van der Waals surface area (Å²) in [6.45, 7) is 12.8. The van der Waals surface area contributed by atoms with Crippen LogP contribution >= 0.6 is 0 Å². The molecule has 0 radical (unpaired) electrons. The minimum absolute atomic E-state index is 0.491. The second kappa shape index (κ2) is 8.40. The highest BCUT2D eigenvalue weighted by Gasteiger charge is 2.17. The first-order valence-electron chi connectivity index (χ1n) is 8.06. The average Bonchev–Trinajstić information content (AvgIpc) is 2.53. The largest absolute Gasteiger partial charge is 0.310 e. The Morgan fingerprint density at radius 3 is 2.25 bits per heavy atom. The lowest BCUT2D eigenvalue weighted by Gasteiger charge is -2.34. The van der Waals surface area contributed by atoms with Gasteiger partial charge in [0.05, 0.1) is 0 Å². The monoisotopic (exact) mass is 275 g/mol. The third-order valence-electron chi connectivity index (χ3n) is 4.30. The van der Waals surface area contributed by atoms with Crippen LogP contribution in [0.1, 0.15) is 31.9 Å². The Bertz CT molecular complexity index is 358. The lowest BCUT2D eigenvalue weighted by Crippen LogP contribution is -2.46. The Morgan fingerprint density at radius 1 is 1.00 bits per heavy atom. The summed E-state index contributed by atoms with van der Waals surface area (Å²) in [6.07, 6.45) is 1.20. The predicted molar refractivity (Wildman–Crippen MR) is 86.0 cm³/mol. The summed E-state index contributed by atoms with van der Waals surface area (Å²) < 4.78 is 0. The maximum absolute atomic E-state index is 3.62. The summed E-state index contributed by atoms with van der Waals surface area (Å²) in [7, 11) is 0. The van der Waals surface area contributed by atoms with E-state index in [1.165, 1.54) is 51.3 Å². The Kier molecular flexibility index (Phi) is 6.51. The molecule has 0 aliphatic carbocycles. The number of nitrogens with zero attached hydrogens (tertiary/aromatic N) is 2. The second-order valence-corrected chi connectivity index (χ2v) is 5.59. The Labute approximate surface area is 124 Å². The van der Waals surface area contributed by atoms with Gasteiger partial charge in [-0.2, -0.15) is 0 Å². The number of piperazine rings is 1. The first kappa shape index (κ1) is 15.5. The first-order valence-corrected chi connectivity index (χ1v) is 8.06. The van der Waals surface area contributed by atoms with Crippen LogP contribution in [0.15, 0.2) is 30.3 Å². The summed E-state index contributed by atoms with van der Waals surface area (Å²) in [6, 6.07) is 11.3. The van der Waals surface area contributed by atoms with Gasteiger partial charge in [-0.15, -0.1) is 0 Å². The van der Waals surface area contributed by atoms with Crippen LogP contribution in [0, 0.1) is 0 Å². The number of hydrogen-bond donors (Lipinski definition) is 1.